The number of hydrogen-bond acceptors (Lipinski definition) is 6. The molecule has 9 heteroatoms. The van der Waals surface area contributed by atoms with Crippen molar-refractivity contribution < 1.29 is 14.3 Å². The first kappa shape index (κ1) is 21.0. The number of anilines is 1. The quantitative estimate of drug-likeness (QED) is 0.671. The molecule has 0 saturated heterocycles. The Morgan fingerprint density at radius 3 is 2.40 bits per heavy atom. The van der Waals surface area contributed by atoms with Gasteiger partial charge in [-0.3, -0.25) is 9.59 Å². The average Bonchev–Trinajstić information content (AvgIpc) is 3.05. The van der Waals surface area contributed by atoms with E-state index in [-0.39, 0.29) is 18.4 Å². The van der Waals surface area contributed by atoms with E-state index in [2.05, 4.69) is 20.4 Å². The molecular weight excluding hydrogens is 384 g/mol. The van der Waals surface area contributed by atoms with Crippen molar-refractivity contribution in [2.24, 2.45) is 0 Å². The molecule has 0 atom stereocenters. The first-order chi connectivity index (χ1) is 14.2. The molecule has 1 N–H and O–H groups in total. The summed E-state index contributed by atoms with van der Waals surface area (Å²) >= 11 is 0. The largest absolute Gasteiger partial charge is 0.484 e. The van der Waals surface area contributed by atoms with Gasteiger partial charge in [0, 0.05) is 37.1 Å². The second-order valence-electron chi connectivity index (χ2n) is 7.09. The molecule has 9 nitrogen and oxygen atoms in total. The molecule has 0 saturated carbocycles. The highest BCUT2D eigenvalue weighted by atomic mass is 16.5. The predicted molar refractivity (Wildman–Crippen MR) is 112 cm³/mol. The summed E-state index contributed by atoms with van der Waals surface area (Å²) < 4.78 is 6.99. The normalized spacial score (nSPS) is 10.6. The molecule has 0 spiro atoms. The van der Waals surface area contributed by atoms with Gasteiger partial charge in [0.2, 0.25) is 0 Å². The molecule has 2 heterocycles. The molecule has 1 aromatic carbocycles. The lowest BCUT2D eigenvalue weighted by Crippen LogP contribution is -2.27. The Bertz CT molecular complexity index is 1070. The molecule has 0 radical (unpaired) electrons. The summed E-state index contributed by atoms with van der Waals surface area (Å²) in [6.45, 7) is 5.47. The smallest absolute Gasteiger partial charge is 0.259 e. The van der Waals surface area contributed by atoms with Crippen molar-refractivity contribution in [3.63, 3.8) is 0 Å². The Kier molecular flexibility index (Phi) is 6.10. The number of hydrogen-bond donors (Lipinski definition) is 1. The Hall–Kier alpha value is -3.75. The molecule has 0 aliphatic rings. The third-order valence-electron chi connectivity index (χ3n) is 4.19. The fourth-order valence-corrected chi connectivity index (χ4v) is 2.73. The molecule has 156 valence electrons. The molecule has 2 amide bonds. The van der Waals surface area contributed by atoms with E-state index in [0.29, 0.717) is 28.8 Å². The van der Waals surface area contributed by atoms with Crippen molar-refractivity contribution in [3.8, 4) is 11.7 Å². The number of nitrogens with zero attached hydrogens (tertiary/aromatic N) is 5. The van der Waals surface area contributed by atoms with Crippen LogP contribution in [0, 0.1) is 20.8 Å². The number of carbonyl (C=O) groups excluding carboxylic acids is 2. The van der Waals surface area contributed by atoms with Gasteiger partial charge in [-0.2, -0.15) is 9.78 Å². The Labute approximate surface area is 174 Å². The molecule has 3 rings (SSSR count). The van der Waals surface area contributed by atoms with Crippen molar-refractivity contribution in [1.82, 2.24) is 24.6 Å². The van der Waals surface area contributed by atoms with Crippen LogP contribution in [-0.2, 0) is 4.79 Å². The Balaban J connectivity index is 1.80. The molecule has 2 aromatic heterocycles. The van der Waals surface area contributed by atoms with Gasteiger partial charge in [-0.15, -0.1) is 0 Å². The predicted octanol–water partition coefficient (Wildman–Crippen LogP) is 2.31. The van der Waals surface area contributed by atoms with Crippen molar-refractivity contribution in [2.45, 2.75) is 20.8 Å². The second kappa shape index (κ2) is 8.73. The Morgan fingerprint density at radius 1 is 1.03 bits per heavy atom. The number of likely N-dealkylation sites (N-methyl/N-ethyl adjacent to an activating group) is 1. The van der Waals surface area contributed by atoms with Crippen LogP contribution in [-0.4, -0.2) is 57.2 Å². The van der Waals surface area contributed by atoms with E-state index in [0.717, 1.165) is 11.4 Å². The summed E-state index contributed by atoms with van der Waals surface area (Å²) in [7, 11) is 3.31. The van der Waals surface area contributed by atoms with E-state index in [9.17, 15) is 9.59 Å². The highest BCUT2D eigenvalue weighted by Gasteiger charge is 2.15. The summed E-state index contributed by atoms with van der Waals surface area (Å²) in [6.07, 6.45) is 0. The van der Waals surface area contributed by atoms with Gasteiger partial charge in [-0.1, -0.05) is 6.07 Å². The van der Waals surface area contributed by atoms with Gasteiger partial charge < -0.3 is 15.0 Å². The molecular formula is C21H24N6O3. The minimum atomic E-state index is -0.343. The fourth-order valence-electron chi connectivity index (χ4n) is 2.73. The first-order valence-electron chi connectivity index (χ1n) is 9.36. The minimum absolute atomic E-state index is 0.103. The number of amides is 2. The third kappa shape index (κ3) is 4.99. The highest BCUT2D eigenvalue weighted by Crippen LogP contribution is 2.18. The molecule has 0 bridgehead atoms. The second-order valence-corrected chi connectivity index (χ2v) is 7.09. The fraction of sp³-hybridized carbons (Fsp3) is 0.286. The first-order valence-corrected chi connectivity index (χ1v) is 9.36. The van der Waals surface area contributed by atoms with Crippen LogP contribution in [0.3, 0.4) is 0 Å². The third-order valence-corrected chi connectivity index (χ3v) is 4.19. The Morgan fingerprint density at radius 2 is 1.73 bits per heavy atom. The summed E-state index contributed by atoms with van der Waals surface area (Å²) in [5.41, 5.74) is 2.71. The molecule has 0 fully saturated rings. The number of carbonyl (C=O) groups is 2. The maximum Gasteiger partial charge on any atom is 0.259 e. The zero-order valence-corrected chi connectivity index (χ0v) is 17.6. The standard InChI is InChI=1S/C21H24N6O3/c1-13-9-14(2)23-21(22-13)27-18(10-15(3)25-27)24-20(29)16-7-6-8-17(11-16)30-12-19(28)26(4)5/h6-11H,12H2,1-5H3,(H,24,29). The zero-order chi connectivity index (χ0) is 21.8. The molecule has 0 aliphatic heterocycles. The minimum Gasteiger partial charge on any atom is -0.484 e. The number of aromatic nitrogens is 4. The van der Waals surface area contributed by atoms with Crippen LogP contribution in [0.4, 0.5) is 5.82 Å². The van der Waals surface area contributed by atoms with E-state index in [1.54, 1.807) is 44.4 Å². The SMILES string of the molecule is Cc1cc(C)nc(-n2nc(C)cc2NC(=O)c2cccc(OCC(=O)N(C)C)c2)n1. The van der Waals surface area contributed by atoms with Gasteiger partial charge in [0.25, 0.3) is 17.8 Å². The van der Waals surface area contributed by atoms with E-state index < -0.39 is 0 Å². The maximum absolute atomic E-state index is 12.8. The van der Waals surface area contributed by atoms with Crippen molar-refractivity contribution in [1.29, 1.82) is 0 Å². The summed E-state index contributed by atoms with van der Waals surface area (Å²) in [6, 6.07) is 10.2. The van der Waals surface area contributed by atoms with Crippen LogP contribution in [0.2, 0.25) is 0 Å². The van der Waals surface area contributed by atoms with Crippen LogP contribution < -0.4 is 10.1 Å². The maximum atomic E-state index is 12.8. The van der Waals surface area contributed by atoms with Crippen LogP contribution in [0.5, 0.6) is 5.75 Å². The van der Waals surface area contributed by atoms with E-state index >= 15 is 0 Å². The van der Waals surface area contributed by atoms with Gasteiger partial charge in [-0.05, 0) is 45.0 Å². The van der Waals surface area contributed by atoms with Gasteiger partial charge in [-0.25, -0.2) is 9.97 Å². The lowest BCUT2D eigenvalue weighted by molar-refractivity contribution is -0.130. The molecule has 3 aromatic rings. The van der Waals surface area contributed by atoms with E-state index in [1.165, 1.54) is 9.58 Å². The summed E-state index contributed by atoms with van der Waals surface area (Å²) in [5, 5.41) is 7.25. The van der Waals surface area contributed by atoms with Crippen LogP contribution in [0.25, 0.3) is 5.95 Å². The number of rotatable bonds is 6. The monoisotopic (exact) mass is 408 g/mol. The summed E-state index contributed by atoms with van der Waals surface area (Å²) in [4.78, 5) is 34.8. The number of nitrogens with one attached hydrogen (secondary N) is 1. The van der Waals surface area contributed by atoms with Crippen molar-refractivity contribution in [2.75, 3.05) is 26.0 Å². The van der Waals surface area contributed by atoms with Crippen LogP contribution in [0.1, 0.15) is 27.4 Å². The molecule has 0 aliphatic carbocycles. The van der Waals surface area contributed by atoms with E-state index in [1.807, 2.05) is 26.8 Å². The summed E-state index contributed by atoms with van der Waals surface area (Å²) in [5.74, 6) is 0.759. The highest BCUT2D eigenvalue weighted by molar-refractivity contribution is 6.04. The number of aryl methyl sites for hydroxylation is 3. The van der Waals surface area contributed by atoms with E-state index in [4.69, 9.17) is 4.74 Å². The van der Waals surface area contributed by atoms with Gasteiger partial charge >= 0.3 is 0 Å². The number of benzene rings is 1. The molecule has 0 unspecified atom stereocenters. The topological polar surface area (TPSA) is 102 Å². The van der Waals surface area contributed by atoms with Crippen LogP contribution in [0.15, 0.2) is 36.4 Å². The van der Waals surface area contributed by atoms with Gasteiger partial charge in [0.05, 0.1) is 5.69 Å². The van der Waals surface area contributed by atoms with Crippen molar-refractivity contribution >= 4 is 17.6 Å². The van der Waals surface area contributed by atoms with Crippen molar-refractivity contribution in [3.05, 3.63) is 59.0 Å². The molecule has 30 heavy (non-hydrogen) atoms. The van der Waals surface area contributed by atoms with Gasteiger partial charge in [0.15, 0.2) is 6.61 Å². The lowest BCUT2D eigenvalue weighted by Gasteiger charge is -2.12. The average molecular weight is 408 g/mol. The zero-order valence-electron chi connectivity index (χ0n) is 17.6. The number of ether oxygens (including phenoxy) is 1. The van der Waals surface area contributed by atoms with Crippen LogP contribution >= 0.6 is 0 Å². The lowest BCUT2D eigenvalue weighted by atomic mass is 10.2. The van der Waals surface area contributed by atoms with Gasteiger partial charge in [0.1, 0.15) is 11.6 Å².